The molecule has 2 aliphatic carbocycles. The monoisotopic (exact) mass is 258 g/mol. The zero-order valence-electron chi connectivity index (χ0n) is 11.5. The van der Waals surface area contributed by atoms with Gasteiger partial charge < -0.3 is 5.11 Å². The van der Waals surface area contributed by atoms with Gasteiger partial charge in [-0.25, -0.2) is 0 Å². The van der Waals surface area contributed by atoms with E-state index < -0.39 is 5.97 Å². The van der Waals surface area contributed by atoms with Gasteiger partial charge in [-0.3, -0.25) is 4.79 Å². The number of carboxylic acid groups (broad SMARTS) is 1. The Bertz CT molecular complexity index is 386. The maximum absolute atomic E-state index is 10.9. The normalized spacial score (nSPS) is 18.8. The van der Waals surface area contributed by atoms with E-state index in [0.29, 0.717) is 11.8 Å². The van der Waals surface area contributed by atoms with E-state index in [4.69, 9.17) is 5.11 Å². The molecule has 1 N–H and O–H groups in total. The van der Waals surface area contributed by atoms with Crippen LogP contribution in [0.1, 0.15) is 32.6 Å². The smallest absolute Gasteiger partial charge is 0.303 e. The summed E-state index contributed by atoms with van der Waals surface area (Å²) in [5.41, 5.74) is 0.0752. The number of rotatable bonds is 7. The molecule has 0 unspecified atom stereocenters. The molecule has 19 heavy (non-hydrogen) atoms. The summed E-state index contributed by atoms with van der Waals surface area (Å²) in [4.78, 5) is 10.9. The Kier molecular flexibility index (Phi) is 4.41. The van der Waals surface area contributed by atoms with E-state index >= 15 is 0 Å². The predicted octanol–water partition coefficient (Wildman–Crippen LogP) is 4.12. The Morgan fingerprint density at radius 3 is 1.79 bits per heavy atom. The van der Waals surface area contributed by atoms with Crippen LogP contribution in [0.3, 0.4) is 0 Å². The van der Waals surface area contributed by atoms with Gasteiger partial charge in [0.25, 0.3) is 0 Å². The van der Waals surface area contributed by atoms with Gasteiger partial charge in [0, 0.05) is 6.42 Å². The Morgan fingerprint density at radius 2 is 1.42 bits per heavy atom. The molecule has 102 valence electrons. The van der Waals surface area contributed by atoms with Gasteiger partial charge >= 0.3 is 5.97 Å². The fourth-order valence-electron chi connectivity index (χ4n) is 3.06. The number of allylic oxidation sites excluding steroid dienone is 8. The van der Waals surface area contributed by atoms with Crippen molar-refractivity contribution in [3.05, 3.63) is 48.6 Å². The SMILES string of the molecule is CC(CCC(=O)O)(CC1C=CC=C1)CC1C=CC=C1. The lowest BCUT2D eigenvalue weighted by Gasteiger charge is -2.33. The third-order valence-corrected chi connectivity index (χ3v) is 4.05. The minimum atomic E-state index is -0.693. The molecule has 2 rings (SSSR count). The van der Waals surface area contributed by atoms with Crippen molar-refractivity contribution in [1.82, 2.24) is 0 Å². The van der Waals surface area contributed by atoms with E-state index in [2.05, 4.69) is 55.5 Å². The van der Waals surface area contributed by atoms with Crippen molar-refractivity contribution in [3.63, 3.8) is 0 Å². The maximum Gasteiger partial charge on any atom is 0.303 e. The minimum absolute atomic E-state index is 0.0752. The minimum Gasteiger partial charge on any atom is -0.481 e. The summed E-state index contributed by atoms with van der Waals surface area (Å²) in [5.74, 6) is 0.238. The molecule has 2 nitrogen and oxygen atoms in total. The summed E-state index contributed by atoms with van der Waals surface area (Å²) in [7, 11) is 0. The highest BCUT2D eigenvalue weighted by Gasteiger charge is 2.30. The third-order valence-electron chi connectivity index (χ3n) is 4.05. The zero-order valence-corrected chi connectivity index (χ0v) is 11.5. The van der Waals surface area contributed by atoms with Gasteiger partial charge in [0.15, 0.2) is 0 Å². The van der Waals surface area contributed by atoms with Gasteiger partial charge in [0.05, 0.1) is 0 Å². The first-order valence-corrected chi connectivity index (χ1v) is 6.99. The van der Waals surface area contributed by atoms with E-state index in [1.54, 1.807) is 0 Å². The van der Waals surface area contributed by atoms with Crippen molar-refractivity contribution >= 4 is 5.97 Å². The fourth-order valence-corrected chi connectivity index (χ4v) is 3.06. The van der Waals surface area contributed by atoms with E-state index in [0.717, 1.165) is 19.3 Å². The van der Waals surface area contributed by atoms with Crippen molar-refractivity contribution in [2.24, 2.45) is 17.3 Å². The molecule has 0 fully saturated rings. The quantitative estimate of drug-likeness (QED) is 0.745. The summed E-state index contributed by atoms with van der Waals surface area (Å²) in [6, 6.07) is 0. The molecule has 0 bridgehead atoms. The van der Waals surface area contributed by atoms with E-state index in [9.17, 15) is 4.79 Å². The Morgan fingerprint density at radius 1 is 1.00 bits per heavy atom. The Labute approximate surface area is 115 Å². The molecular weight excluding hydrogens is 236 g/mol. The molecule has 0 atom stereocenters. The van der Waals surface area contributed by atoms with Gasteiger partial charge in [-0.15, -0.1) is 0 Å². The number of aliphatic carboxylic acids is 1. The van der Waals surface area contributed by atoms with Crippen LogP contribution in [-0.4, -0.2) is 11.1 Å². The molecule has 0 heterocycles. The summed E-state index contributed by atoms with van der Waals surface area (Å²) < 4.78 is 0. The Balaban J connectivity index is 1.99. The van der Waals surface area contributed by atoms with Gasteiger partial charge in [-0.05, 0) is 36.5 Å². The molecule has 2 heteroatoms. The molecule has 0 radical (unpaired) electrons. The second-order valence-corrected chi connectivity index (χ2v) is 5.98. The first kappa shape index (κ1) is 13.9. The average molecular weight is 258 g/mol. The number of carboxylic acids is 1. The summed E-state index contributed by atoms with van der Waals surface area (Å²) >= 11 is 0. The maximum atomic E-state index is 10.9. The summed E-state index contributed by atoms with van der Waals surface area (Å²) in [6.07, 6.45) is 20.2. The van der Waals surface area contributed by atoms with E-state index in [1.165, 1.54) is 0 Å². The molecule has 0 saturated heterocycles. The molecule has 0 saturated carbocycles. The molecule has 0 aromatic carbocycles. The lowest BCUT2D eigenvalue weighted by Crippen LogP contribution is -2.23. The van der Waals surface area contributed by atoms with Crippen molar-refractivity contribution in [2.45, 2.75) is 32.6 Å². The molecular formula is C17H22O2. The van der Waals surface area contributed by atoms with Crippen LogP contribution in [-0.2, 0) is 4.79 Å². The van der Waals surface area contributed by atoms with E-state index in [-0.39, 0.29) is 11.8 Å². The van der Waals surface area contributed by atoms with Crippen molar-refractivity contribution in [3.8, 4) is 0 Å². The van der Waals surface area contributed by atoms with Crippen LogP contribution in [0.4, 0.5) is 0 Å². The molecule has 0 aromatic heterocycles. The van der Waals surface area contributed by atoms with Crippen LogP contribution in [0.15, 0.2) is 48.6 Å². The summed E-state index contributed by atoms with van der Waals surface area (Å²) in [5, 5.41) is 8.94. The number of hydrogen-bond acceptors (Lipinski definition) is 1. The van der Waals surface area contributed by atoms with Crippen LogP contribution >= 0.6 is 0 Å². The standard InChI is InChI=1S/C17H22O2/c1-17(11-10-16(18)19,12-14-6-2-3-7-14)13-15-8-4-5-9-15/h2-9,14-15H,10-13H2,1H3,(H,18,19). The Hall–Kier alpha value is -1.57. The van der Waals surface area contributed by atoms with Crippen LogP contribution < -0.4 is 0 Å². The molecule has 0 spiro atoms. The van der Waals surface area contributed by atoms with Crippen LogP contribution in [0.25, 0.3) is 0 Å². The first-order chi connectivity index (χ1) is 9.07. The van der Waals surface area contributed by atoms with E-state index in [1.807, 2.05) is 0 Å². The molecule has 0 amide bonds. The predicted molar refractivity (Wildman–Crippen MR) is 77.8 cm³/mol. The lowest BCUT2D eigenvalue weighted by molar-refractivity contribution is -0.137. The largest absolute Gasteiger partial charge is 0.481 e. The van der Waals surface area contributed by atoms with Gasteiger partial charge in [-0.1, -0.05) is 55.5 Å². The number of hydrogen-bond donors (Lipinski definition) is 1. The fraction of sp³-hybridized carbons (Fsp3) is 0.471. The molecule has 0 aromatic rings. The highest BCUT2D eigenvalue weighted by molar-refractivity contribution is 5.66. The van der Waals surface area contributed by atoms with Crippen LogP contribution in [0.2, 0.25) is 0 Å². The second kappa shape index (κ2) is 6.05. The van der Waals surface area contributed by atoms with Crippen molar-refractivity contribution < 1.29 is 9.90 Å². The number of carbonyl (C=O) groups is 1. The zero-order chi connectivity index (χ0) is 13.7. The van der Waals surface area contributed by atoms with Crippen molar-refractivity contribution in [1.29, 1.82) is 0 Å². The van der Waals surface area contributed by atoms with Crippen LogP contribution in [0, 0.1) is 17.3 Å². The van der Waals surface area contributed by atoms with Crippen molar-refractivity contribution in [2.75, 3.05) is 0 Å². The molecule has 2 aliphatic rings. The third kappa shape index (κ3) is 4.23. The van der Waals surface area contributed by atoms with Crippen LogP contribution in [0.5, 0.6) is 0 Å². The highest BCUT2D eigenvalue weighted by Crippen LogP contribution is 2.40. The summed E-state index contributed by atoms with van der Waals surface area (Å²) in [6.45, 7) is 2.23. The van der Waals surface area contributed by atoms with Gasteiger partial charge in [0.1, 0.15) is 0 Å². The average Bonchev–Trinajstić information content (AvgIpc) is 3.00. The topological polar surface area (TPSA) is 37.3 Å². The second-order valence-electron chi connectivity index (χ2n) is 5.98. The lowest BCUT2D eigenvalue weighted by atomic mass is 9.72. The van der Waals surface area contributed by atoms with Gasteiger partial charge in [-0.2, -0.15) is 0 Å². The molecule has 0 aliphatic heterocycles. The van der Waals surface area contributed by atoms with Gasteiger partial charge in [0.2, 0.25) is 0 Å². The highest BCUT2D eigenvalue weighted by atomic mass is 16.4. The first-order valence-electron chi connectivity index (χ1n) is 6.99.